The molecule has 0 saturated heterocycles. The van der Waals surface area contributed by atoms with E-state index in [4.69, 9.17) is 9.73 Å². The molecule has 0 bridgehead atoms. The summed E-state index contributed by atoms with van der Waals surface area (Å²) >= 11 is 0. The lowest BCUT2D eigenvalue weighted by molar-refractivity contribution is 0.505. The molecule has 0 fully saturated rings. The molecule has 2 nitrogen and oxygen atoms in total. The van der Waals surface area contributed by atoms with Gasteiger partial charge in [0.25, 0.3) is 0 Å². The van der Waals surface area contributed by atoms with Crippen LogP contribution < -0.4 is 4.74 Å². The minimum atomic E-state index is -0.188. The molecule has 0 spiro atoms. The van der Waals surface area contributed by atoms with Crippen molar-refractivity contribution >= 4 is 17.0 Å². The zero-order valence-corrected chi connectivity index (χ0v) is 18.0. The molecule has 150 valence electrons. The van der Waals surface area contributed by atoms with Crippen LogP contribution in [0.2, 0.25) is 0 Å². The van der Waals surface area contributed by atoms with Crippen molar-refractivity contribution in [3.05, 3.63) is 113 Å². The van der Waals surface area contributed by atoms with Crippen LogP contribution in [0.3, 0.4) is 0 Å². The monoisotopic (exact) mass is 393 g/mol. The number of nitrogens with zero attached hydrogens (tertiary/aromatic N) is 1. The second-order valence-corrected chi connectivity index (χ2v) is 8.51. The van der Waals surface area contributed by atoms with Crippen molar-refractivity contribution in [3.63, 3.8) is 0 Å². The molecule has 0 N–H and O–H groups in total. The maximum atomic E-state index is 6.35. The first-order valence-electron chi connectivity index (χ1n) is 10.3. The highest BCUT2D eigenvalue weighted by Gasteiger charge is 2.23. The normalized spacial score (nSPS) is 15.7. The molecule has 0 unspecified atom stereocenters. The second-order valence-electron chi connectivity index (χ2n) is 8.51. The van der Waals surface area contributed by atoms with Crippen molar-refractivity contribution in [1.82, 2.24) is 0 Å². The van der Waals surface area contributed by atoms with Gasteiger partial charge in [-0.3, -0.25) is 4.99 Å². The van der Waals surface area contributed by atoms with Crippen LogP contribution in [-0.4, -0.2) is 11.3 Å². The molecule has 3 aromatic rings. The van der Waals surface area contributed by atoms with Crippen molar-refractivity contribution in [2.45, 2.75) is 33.2 Å². The van der Waals surface area contributed by atoms with Crippen LogP contribution in [0.5, 0.6) is 5.75 Å². The van der Waals surface area contributed by atoms with Gasteiger partial charge >= 0.3 is 0 Å². The Bertz CT molecular complexity index is 1130. The Morgan fingerprint density at radius 2 is 1.40 bits per heavy atom. The molecule has 1 aliphatic rings. The SMILES string of the molecule is CC1=C(c2ccccc2)Oc2ccccc2/C1=C\C(=NC(C)(C)C)c1ccccc1. The predicted octanol–water partition coefficient (Wildman–Crippen LogP) is 7.18. The first-order valence-corrected chi connectivity index (χ1v) is 10.3. The van der Waals surface area contributed by atoms with E-state index in [2.05, 4.69) is 82.3 Å². The van der Waals surface area contributed by atoms with E-state index >= 15 is 0 Å². The van der Waals surface area contributed by atoms with Gasteiger partial charge in [-0.15, -0.1) is 0 Å². The van der Waals surface area contributed by atoms with Crippen molar-refractivity contribution in [1.29, 1.82) is 0 Å². The molecule has 30 heavy (non-hydrogen) atoms. The molecular weight excluding hydrogens is 366 g/mol. The highest BCUT2D eigenvalue weighted by molar-refractivity contribution is 6.15. The summed E-state index contributed by atoms with van der Waals surface area (Å²) in [4.78, 5) is 5.06. The Balaban J connectivity index is 1.94. The molecule has 0 aromatic heterocycles. The van der Waals surface area contributed by atoms with Gasteiger partial charge in [-0.2, -0.15) is 0 Å². The Kier molecular flexibility index (Phi) is 5.41. The smallest absolute Gasteiger partial charge is 0.138 e. The van der Waals surface area contributed by atoms with Gasteiger partial charge in [0, 0.05) is 16.7 Å². The van der Waals surface area contributed by atoms with Crippen LogP contribution in [0.25, 0.3) is 11.3 Å². The van der Waals surface area contributed by atoms with E-state index < -0.39 is 0 Å². The van der Waals surface area contributed by atoms with Gasteiger partial charge in [0.2, 0.25) is 0 Å². The molecule has 3 aromatic carbocycles. The highest BCUT2D eigenvalue weighted by Crippen LogP contribution is 2.41. The van der Waals surface area contributed by atoms with Crippen LogP contribution in [0.1, 0.15) is 44.4 Å². The average Bonchev–Trinajstić information content (AvgIpc) is 2.75. The lowest BCUT2D eigenvalue weighted by atomic mass is 9.90. The van der Waals surface area contributed by atoms with Crippen LogP contribution in [-0.2, 0) is 0 Å². The van der Waals surface area contributed by atoms with Crippen LogP contribution in [0.15, 0.2) is 102 Å². The molecule has 0 aliphatic carbocycles. The molecule has 2 heteroatoms. The summed E-state index contributed by atoms with van der Waals surface area (Å²) < 4.78 is 6.35. The fraction of sp³-hybridized carbons (Fsp3) is 0.179. The van der Waals surface area contributed by atoms with Gasteiger partial charge in [-0.1, -0.05) is 78.9 Å². The van der Waals surface area contributed by atoms with Crippen molar-refractivity contribution in [2.24, 2.45) is 4.99 Å². The topological polar surface area (TPSA) is 21.6 Å². The van der Waals surface area contributed by atoms with Crippen LogP contribution >= 0.6 is 0 Å². The quantitative estimate of drug-likeness (QED) is 0.432. The molecule has 1 heterocycles. The van der Waals surface area contributed by atoms with Crippen molar-refractivity contribution in [3.8, 4) is 5.75 Å². The van der Waals surface area contributed by atoms with Crippen molar-refractivity contribution < 1.29 is 4.74 Å². The number of fused-ring (bicyclic) bond motifs is 1. The molecule has 0 amide bonds. The summed E-state index contributed by atoms with van der Waals surface area (Å²) in [5.41, 5.74) is 6.31. The third kappa shape index (κ3) is 4.28. The summed E-state index contributed by atoms with van der Waals surface area (Å²) in [6.07, 6.45) is 2.21. The van der Waals surface area contributed by atoms with E-state index in [1.54, 1.807) is 0 Å². The average molecular weight is 394 g/mol. The largest absolute Gasteiger partial charge is 0.456 e. The van der Waals surface area contributed by atoms with Gasteiger partial charge in [-0.25, -0.2) is 0 Å². The first kappa shape index (κ1) is 19.9. The lowest BCUT2D eigenvalue weighted by Gasteiger charge is -2.25. The molecule has 0 radical (unpaired) electrons. The molecule has 0 atom stereocenters. The Labute approximate surface area is 179 Å². The Morgan fingerprint density at radius 1 is 0.800 bits per heavy atom. The van der Waals surface area contributed by atoms with Crippen molar-refractivity contribution in [2.75, 3.05) is 0 Å². The van der Waals surface area contributed by atoms with E-state index in [0.29, 0.717) is 0 Å². The Hall–Kier alpha value is -3.39. The summed E-state index contributed by atoms with van der Waals surface area (Å²) in [6, 6.07) is 28.9. The number of ether oxygens (including phenoxy) is 1. The van der Waals surface area contributed by atoms with E-state index in [1.807, 2.05) is 36.4 Å². The van der Waals surface area contributed by atoms with Gasteiger partial charge in [0.05, 0.1) is 11.3 Å². The summed E-state index contributed by atoms with van der Waals surface area (Å²) in [5, 5.41) is 0. The maximum absolute atomic E-state index is 6.35. The van der Waals surface area contributed by atoms with Gasteiger partial charge < -0.3 is 4.74 Å². The molecule has 0 saturated carbocycles. The van der Waals surface area contributed by atoms with E-state index in [0.717, 1.165) is 45.1 Å². The zero-order chi connectivity index (χ0) is 21.1. The molecule has 4 rings (SSSR count). The van der Waals surface area contributed by atoms with E-state index in [1.165, 1.54) is 0 Å². The first-order chi connectivity index (χ1) is 14.4. The zero-order valence-electron chi connectivity index (χ0n) is 18.0. The highest BCUT2D eigenvalue weighted by atomic mass is 16.5. The van der Waals surface area contributed by atoms with Gasteiger partial charge in [-0.05, 0) is 51.0 Å². The fourth-order valence-electron chi connectivity index (χ4n) is 3.63. The van der Waals surface area contributed by atoms with Gasteiger partial charge in [0.1, 0.15) is 11.5 Å². The third-order valence-corrected chi connectivity index (χ3v) is 4.98. The van der Waals surface area contributed by atoms with E-state index in [9.17, 15) is 0 Å². The van der Waals surface area contributed by atoms with Crippen LogP contribution in [0.4, 0.5) is 0 Å². The number of rotatable bonds is 3. The maximum Gasteiger partial charge on any atom is 0.138 e. The fourth-order valence-corrected chi connectivity index (χ4v) is 3.63. The minimum absolute atomic E-state index is 0.188. The number of hydrogen-bond acceptors (Lipinski definition) is 2. The standard InChI is InChI=1S/C28H27NO/c1-20-24(19-25(29-28(2,3)4)21-13-7-5-8-14-21)23-17-11-12-18-26(23)30-27(20)22-15-9-6-10-16-22/h5-19H,1-4H3/b24-19-,29-25?. The number of para-hydroxylation sites is 1. The summed E-state index contributed by atoms with van der Waals surface area (Å²) in [7, 11) is 0. The van der Waals surface area contributed by atoms with E-state index in [-0.39, 0.29) is 5.54 Å². The Morgan fingerprint density at radius 3 is 2.07 bits per heavy atom. The lowest BCUT2D eigenvalue weighted by Crippen LogP contribution is -2.15. The summed E-state index contributed by atoms with van der Waals surface area (Å²) in [5.74, 6) is 1.76. The van der Waals surface area contributed by atoms with Gasteiger partial charge in [0.15, 0.2) is 0 Å². The minimum Gasteiger partial charge on any atom is -0.456 e. The predicted molar refractivity (Wildman–Crippen MR) is 127 cm³/mol. The number of allylic oxidation sites excluding steroid dienone is 3. The third-order valence-electron chi connectivity index (χ3n) is 4.98. The number of aliphatic imine (C=N–C) groups is 1. The summed E-state index contributed by atoms with van der Waals surface area (Å²) in [6.45, 7) is 8.52. The number of benzene rings is 3. The molecule has 1 aliphatic heterocycles. The molecular formula is C28H27NO. The van der Waals surface area contributed by atoms with Crippen LogP contribution in [0, 0.1) is 0 Å². The number of hydrogen-bond donors (Lipinski definition) is 0. The second kappa shape index (κ2) is 8.16.